The first-order chi connectivity index (χ1) is 8.29. The van der Waals surface area contributed by atoms with Crippen LogP contribution in [0.25, 0.3) is 0 Å². The molecule has 0 aromatic rings. The molecule has 1 fully saturated rings. The van der Waals surface area contributed by atoms with Crippen LogP contribution in [0.3, 0.4) is 0 Å². The highest BCUT2D eigenvalue weighted by Gasteiger charge is 2.33. The zero-order chi connectivity index (χ0) is 12.5. The molecule has 1 heterocycles. The Morgan fingerprint density at radius 3 is 2.88 bits per heavy atom. The van der Waals surface area contributed by atoms with Crippen molar-refractivity contribution < 1.29 is 9.53 Å². The Bertz CT molecular complexity index is 224. The summed E-state index contributed by atoms with van der Waals surface area (Å²) in [5.41, 5.74) is 5.40. The average molecular weight is 243 g/mol. The van der Waals surface area contributed by atoms with Crippen LogP contribution < -0.4 is 16.4 Å². The lowest BCUT2D eigenvalue weighted by Crippen LogP contribution is -2.44. The fraction of sp³-hybridized carbons (Fsp3) is 0.917. The minimum Gasteiger partial charge on any atom is -0.379 e. The SMILES string of the molecule is CCCNC1COCC1C(=O)NCCCCN. The topological polar surface area (TPSA) is 76.4 Å². The van der Waals surface area contributed by atoms with Gasteiger partial charge in [-0.2, -0.15) is 0 Å². The summed E-state index contributed by atoms with van der Waals surface area (Å²) in [4.78, 5) is 11.9. The highest BCUT2D eigenvalue weighted by atomic mass is 16.5. The molecule has 0 saturated carbocycles. The van der Waals surface area contributed by atoms with E-state index in [9.17, 15) is 4.79 Å². The molecule has 1 saturated heterocycles. The number of hydrogen-bond donors (Lipinski definition) is 3. The second-order valence-corrected chi connectivity index (χ2v) is 4.49. The van der Waals surface area contributed by atoms with E-state index in [1.807, 2.05) is 0 Å². The van der Waals surface area contributed by atoms with Crippen molar-refractivity contribution in [2.45, 2.75) is 32.2 Å². The maximum Gasteiger partial charge on any atom is 0.227 e. The normalized spacial score (nSPS) is 23.9. The van der Waals surface area contributed by atoms with E-state index in [0.29, 0.717) is 26.3 Å². The number of carbonyl (C=O) groups excluding carboxylic acids is 1. The monoisotopic (exact) mass is 243 g/mol. The lowest BCUT2D eigenvalue weighted by Gasteiger charge is -2.18. The minimum atomic E-state index is -0.0422. The second-order valence-electron chi connectivity index (χ2n) is 4.49. The standard InChI is InChI=1S/C12H25N3O2/c1-2-6-14-11-9-17-8-10(11)12(16)15-7-4-3-5-13/h10-11,14H,2-9,13H2,1H3,(H,15,16). The van der Waals surface area contributed by atoms with Crippen LogP contribution in [0.1, 0.15) is 26.2 Å². The molecule has 0 radical (unpaired) electrons. The Morgan fingerprint density at radius 1 is 1.35 bits per heavy atom. The van der Waals surface area contributed by atoms with Crippen molar-refractivity contribution in [3.63, 3.8) is 0 Å². The maximum absolute atomic E-state index is 11.9. The van der Waals surface area contributed by atoms with Crippen molar-refractivity contribution in [1.29, 1.82) is 0 Å². The van der Waals surface area contributed by atoms with Crippen LogP contribution in [-0.4, -0.2) is 44.8 Å². The summed E-state index contributed by atoms with van der Waals surface area (Å²) in [6, 6.07) is 0.171. The third-order valence-electron chi connectivity index (χ3n) is 3.00. The van der Waals surface area contributed by atoms with Crippen LogP contribution in [0, 0.1) is 5.92 Å². The van der Waals surface area contributed by atoms with Gasteiger partial charge in [0.05, 0.1) is 19.1 Å². The largest absolute Gasteiger partial charge is 0.379 e. The summed E-state index contributed by atoms with van der Waals surface area (Å²) in [5, 5.41) is 6.31. The Kier molecular flexibility index (Phi) is 7.16. The molecule has 0 aromatic heterocycles. The molecule has 1 amide bonds. The van der Waals surface area contributed by atoms with E-state index in [1.54, 1.807) is 0 Å². The molecule has 1 aliphatic rings. The number of hydrogen-bond acceptors (Lipinski definition) is 4. The molecule has 1 rings (SSSR count). The van der Waals surface area contributed by atoms with E-state index >= 15 is 0 Å². The summed E-state index contributed by atoms with van der Waals surface area (Å²) in [6.45, 7) is 5.62. The molecule has 1 aliphatic heterocycles. The van der Waals surface area contributed by atoms with Crippen LogP contribution in [-0.2, 0) is 9.53 Å². The number of carbonyl (C=O) groups is 1. The van der Waals surface area contributed by atoms with Gasteiger partial charge in [0.25, 0.3) is 0 Å². The first-order valence-electron chi connectivity index (χ1n) is 6.58. The van der Waals surface area contributed by atoms with E-state index in [0.717, 1.165) is 25.8 Å². The van der Waals surface area contributed by atoms with Crippen molar-refractivity contribution in [2.24, 2.45) is 11.7 Å². The predicted octanol–water partition coefficient (Wildman–Crippen LogP) is -0.144. The molecule has 4 N–H and O–H groups in total. The maximum atomic E-state index is 11.9. The van der Waals surface area contributed by atoms with Crippen LogP contribution in [0.2, 0.25) is 0 Å². The van der Waals surface area contributed by atoms with Crippen LogP contribution in [0.4, 0.5) is 0 Å². The summed E-state index contributed by atoms with van der Waals surface area (Å²) < 4.78 is 5.37. The predicted molar refractivity (Wildman–Crippen MR) is 67.7 cm³/mol. The van der Waals surface area contributed by atoms with Gasteiger partial charge in [-0.3, -0.25) is 4.79 Å². The minimum absolute atomic E-state index is 0.0422. The molecule has 0 aliphatic carbocycles. The van der Waals surface area contributed by atoms with Gasteiger partial charge < -0.3 is 21.1 Å². The highest BCUT2D eigenvalue weighted by Crippen LogP contribution is 2.13. The van der Waals surface area contributed by atoms with Gasteiger partial charge in [0.15, 0.2) is 0 Å². The number of unbranched alkanes of at least 4 members (excludes halogenated alkanes) is 1. The van der Waals surface area contributed by atoms with E-state index in [-0.39, 0.29) is 17.9 Å². The van der Waals surface area contributed by atoms with Crippen molar-refractivity contribution in [1.82, 2.24) is 10.6 Å². The lowest BCUT2D eigenvalue weighted by molar-refractivity contribution is -0.125. The number of amides is 1. The molecule has 2 unspecified atom stereocenters. The summed E-state index contributed by atoms with van der Waals surface area (Å²) in [6.07, 6.45) is 2.98. The number of ether oxygens (including phenoxy) is 1. The quantitative estimate of drug-likeness (QED) is 0.518. The zero-order valence-electron chi connectivity index (χ0n) is 10.7. The Labute approximate surface area is 103 Å². The van der Waals surface area contributed by atoms with Gasteiger partial charge in [-0.05, 0) is 32.4 Å². The Hall–Kier alpha value is -0.650. The van der Waals surface area contributed by atoms with Gasteiger partial charge in [0.2, 0.25) is 5.91 Å². The van der Waals surface area contributed by atoms with Gasteiger partial charge in [0.1, 0.15) is 0 Å². The number of nitrogens with two attached hydrogens (primary N) is 1. The van der Waals surface area contributed by atoms with E-state index in [4.69, 9.17) is 10.5 Å². The molecule has 0 aromatic carbocycles. The van der Waals surface area contributed by atoms with Gasteiger partial charge in [-0.25, -0.2) is 0 Å². The fourth-order valence-corrected chi connectivity index (χ4v) is 1.96. The van der Waals surface area contributed by atoms with Crippen molar-refractivity contribution in [3.05, 3.63) is 0 Å². The molecule has 0 spiro atoms. The van der Waals surface area contributed by atoms with Crippen molar-refractivity contribution in [2.75, 3.05) is 32.8 Å². The van der Waals surface area contributed by atoms with Crippen molar-refractivity contribution in [3.8, 4) is 0 Å². The molecule has 100 valence electrons. The number of nitrogens with one attached hydrogen (secondary N) is 2. The molecule has 2 atom stereocenters. The van der Waals surface area contributed by atoms with Gasteiger partial charge in [-0.1, -0.05) is 6.92 Å². The van der Waals surface area contributed by atoms with Crippen molar-refractivity contribution >= 4 is 5.91 Å². The Balaban J connectivity index is 2.24. The van der Waals surface area contributed by atoms with Gasteiger partial charge in [0, 0.05) is 12.6 Å². The molecular formula is C12H25N3O2. The lowest BCUT2D eigenvalue weighted by atomic mass is 10.0. The highest BCUT2D eigenvalue weighted by molar-refractivity contribution is 5.79. The van der Waals surface area contributed by atoms with Gasteiger partial charge in [-0.15, -0.1) is 0 Å². The van der Waals surface area contributed by atoms with Gasteiger partial charge >= 0.3 is 0 Å². The Morgan fingerprint density at radius 2 is 2.18 bits per heavy atom. The van der Waals surface area contributed by atoms with Crippen LogP contribution in [0.5, 0.6) is 0 Å². The van der Waals surface area contributed by atoms with Crippen LogP contribution >= 0.6 is 0 Å². The van der Waals surface area contributed by atoms with Crippen LogP contribution in [0.15, 0.2) is 0 Å². The average Bonchev–Trinajstić information content (AvgIpc) is 2.80. The third-order valence-corrected chi connectivity index (χ3v) is 3.00. The molecular weight excluding hydrogens is 218 g/mol. The zero-order valence-corrected chi connectivity index (χ0v) is 10.7. The number of rotatable bonds is 8. The second kappa shape index (κ2) is 8.44. The molecule has 5 nitrogen and oxygen atoms in total. The molecule has 17 heavy (non-hydrogen) atoms. The molecule has 5 heteroatoms. The smallest absolute Gasteiger partial charge is 0.227 e. The third kappa shape index (κ3) is 5.02. The first-order valence-corrected chi connectivity index (χ1v) is 6.58. The van der Waals surface area contributed by atoms with E-state index in [2.05, 4.69) is 17.6 Å². The first kappa shape index (κ1) is 14.4. The fourth-order valence-electron chi connectivity index (χ4n) is 1.96. The summed E-state index contributed by atoms with van der Waals surface area (Å²) >= 11 is 0. The van der Waals surface area contributed by atoms with E-state index < -0.39 is 0 Å². The molecule has 0 bridgehead atoms. The summed E-state index contributed by atoms with van der Waals surface area (Å²) in [7, 11) is 0. The van der Waals surface area contributed by atoms with E-state index in [1.165, 1.54) is 0 Å². The summed E-state index contributed by atoms with van der Waals surface area (Å²) in [5.74, 6) is 0.0625.